The molecule has 0 saturated carbocycles. The lowest BCUT2D eigenvalue weighted by molar-refractivity contribution is 0.215. The molecule has 0 radical (unpaired) electrons. The largest absolute Gasteiger partial charge is 0.385 e. The third-order valence-electron chi connectivity index (χ3n) is 3.45. The van der Waals surface area contributed by atoms with Gasteiger partial charge in [-0.3, -0.25) is 0 Å². The molecule has 17 heavy (non-hydrogen) atoms. The molecule has 0 unspecified atom stereocenters. The van der Waals surface area contributed by atoms with Crippen LogP contribution in [0.5, 0.6) is 0 Å². The molecule has 0 bridgehead atoms. The summed E-state index contributed by atoms with van der Waals surface area (Å²) in [4.78, 5) is 5.91. The minimum absolute atomic E-state index is 0.422. The van der Waals surface area contributed by atoms with E-state index in [0.29, 0.717) is 0 Å². The van der Waals surface area contributed by atoms with Gasteiger partial charge in [-0.05, 0) is 51.4 Å². The highest BCUT2D eigenvalue weighted by atomic mass is 19.1. The Hall–Kier alpha value is -1.16. The van der Waals surface area contributed by atoms with Gasteiger partial charge >= 0.3 is 0 Å². The Labute approximate surface area is 102 Å². The lowest BCUT2D eigenvalue weighted by atomic mass is 9.94. The minimum atomic E-state index is -0.422. The summed E-state index contributed by atoms with van der Waals surface area (Å²) in [6.45, 7) is 3.32. The number of aromatic nitrogens is 1. The Morgan fingerprint density at radius 2 is 2.24 bits per heavy atom. The van der Waals surface area contributed by atoms with Gasteiger partial charge in [-0.1, -0.05) is 0 Å². The van der Waals surface area contributed by atoms with Crippen LogP contribution in [0.1, 0.15) is 19.3 Å². The van der Waals surface area contributed by atoms with E-state index in [4.69, 9.17) is 0 Å². The maximum absolute atomic E-state index is 12.8. The van der Waals surface area contributed by atoms with E-state index in [9.17, 15) is 4.39 Å². The Morgan fingerprint density at radius 1 is 1.47 bits per heavy atom. The van der Waals surface area contributed by atoms with Gasteiger partial charge in [-0.25, -0.2) is 4.98 Å². The van der Waals surface area contributed by atoms with Gasteiger partial charge in [0.2, 0.25) is 5.95 Å². The Morgan fingerprint density at radius 3 is 2.94 bits per heavy atom. The lowest BCUT2D eigenvalue weighted by Crippen LogP contribution is -2.30. The normalized spacial score (nSPS) is 18.2. The van der Waals surface area contributed by atoms with E-state index < -0.39 is 5.95 Å². The average molecular weight is 237 g/mol. The standard InChI is InChI=1S/C13H20FN3/c1-17-8-4-11(5-9-17)2-6-15-12-3-7-16-13(14)10-12/h3,7,10-11H,2,4-6,8-9H2,1H3,(H,15,16). The fraction of sp³-hybridized carbons (Fsp3) is 0.615. The second-order valence-corrected chi connectivity index (χ2v) is 4.83. The van der Waals surface area contributed by atoms with E-state index in [0.717, 1.165) is 24.6 Å². The van der Waals surface area contributed by atoms with E-state index in [2.05, 4.69) is 22.2 Å². The van der Waals surface area contributed by atoms with Crippen LogP contribution in [-0.2, 0) is 0 Å². The first kappa shape index (κ1) is 12.3. The lowest BCUT2D eigenvalue weighted by Gasteiger charge is -2.28. The molecule has 94 valence electrons. The second-order valence-electron chi connectivity index (χ2n) is 4.83. The summed E-state index contributed by atoms with van der Waals surface area (Å²) in [5.74, 6) is 0.389. The number of anilines is 1. The topological polar surface area (TPSA) is 28.2 Å². The van der Waals surface area contributed by atoms with Crippen LogP contribution in [0.25, 0.3) is 0 Å². The number of rotatable bonds is 4. The summed E-state index contributed by atoms with van der Waals surface area (Å²) in [6, 6.07) is 3.24. The fourth-order valence-corrected chi connectivity index (χ4v) is 2.28. The van der Waals surface area contributed by atoms with Crippen molar-refractivity contribution in [3.05, 3.63) is 24.3 Å². The van der Waals surface area contributed by atoms with Gasteiger partial charge in [0.15, 0.2) is 0 Å². The molecule has 4 heteroatoms. The van der Waals surface area contributed by atoms with Crippen LogP contribution in [0.2, 0.25) is 0 Å². The van der Waals surface area contributed by atoms with Crippen LogP contribution >= 0.6 is 0 Å². The maximum atomic E-state index is 12.8. The molecule has 1 saturated heterocycles. The van der Waals surface area contributed by atoms with Crippen LogP contribution in [-0.4, -0.2) is 36.6 Å². The number of hydrogen-bond acceptors (Lipinski definition) is 3. The van der Waals surface area contributed by atoms with E-state index >= 15 is 0 Å². The van der Waals surface area contributed by atoms with Crippen molar-refractivity contribution in [2.45, 2.75) is 19.3 Å². The SMILES string of the molecule is CN1CCC(CCNc2ccnc(F)c2)CC1. The zero-order valence-electron chi connectivity index (χ0n) is 10.3. The highest BCUT2D eigenvalue weighted by molar-refractivity contribution is 5.40. The molecular formula is C13H20FN3. The number of halogens is 1. The van der Waals surface area contributed by atoms with Crippen LogP contribution in [0.15, 0.2) is 18.3 Å². The highest BCUT2D eigenvalue weighted by Gasteiger charge is 2.15. The first-order chi connectivity index (χ1) is 8.24. The molecule has 0 atom stereocenters. The maximum Gasteiger partial charge on any atom is 0.214 e. The van der Waals surface area contributed by atoms with Crippen molar-refractivity contribution < 1.29 is 4.39 Å². The Bertz CT molecular complexity index is 348. The van der Waals surface area contributed by atoms with Crippen molar-refractivity contribution in [1.82, 2.24) is 9.88 Å². The van der Waals surface area contributed by atoms with Crippen LogP contribution in [0.4, 0.5) is 10.1 Å². The molecule has 1 fully saturated rings. The number of piperidine rings is 1. The molecule has 1 N–H and O–H groups in total. The van der Waals surface area contributed by atoms with Crippen LogP contribution in [0.3, 0.4) is 0 Å². The Balaban J connectivity index is 1.69. The molecule has 0 amide bonds. The number of likely N-dealkylation sites (tertiary alicyclic amines) is 1. The van der Waals surface area contributed by atoms with Gasteiger partial charge in [0.25, 0.3) is 0 Å². The van der Waals surface area contributed by atoms with Gasteiger partial charge in [0, 0.05) is 24.5 Å². The smallest absolute Gasteiger partial charge is 0.214 e. The first-order valence-corrected chi connectivity index (χ1v) is 6.28. The third-order valence-corrected chi connectivity index (χ3v) is 3.45. The molecule has 2 heterocycles. The van der Waals surface area contributed by atoms with Crippen molar-refractivity contribution >= 4 is 5.69 Å². The Kier molecular flexibility index (Phi) is 4.31. The predicted molar refractivity (Wildman–Crippen MR) is 67.5 cm³/mol. The summed E-state index contributed by atoms with van der Waals surface area (Å²) in [7, 11) is 2.17. The first-order valence-electron chi connectivity index (χ1n) is 6.28. The van der Waals surface area contributed by atoms with Gasteiger partial charge in [-0.2, -0.15) is 4.39 Å². The van der Waals surface area contributed by atoms with E-state index in [1.807, 2.05) is 0 Å². The third kappa shape index (κ3) is 3.97. The highest BCUT2D eigenvalue weighted by Crippen LogP contribution is 2.19. The van der Waals surface area contributed by atoms with Crippen molar-refractivity contribution in [1.29, 1.82) is 0 Å². The summed E-state index contributed by atoms with van der Waals surface area (Å²) in [5.41, 5.74) is 0.824. The number of nitrogens with zero attached hydrogens (tertiary/aromatic N) is 2. The molecule has 1 aliphatic heterocycles. The monoisotopic (exact) mass is 237 g/mol. The molecule has 3 nitrogen and oxygen atoms in total. The zero-order valence-corrected chi connectivity index (χ0v) is 10.3. The molecular weight excluding hydrogens is 217 g/mol. The van der Waals surface area contributed by atoms with Crippen LogP contribution in [0, 0.1) is 11.9 Å². The molecule has 1 aliphatic rings. The van der Waals surface area contributed by atoms with Crippen molar-refractivity contribution in [3.8, 4) is 0 Å². The fourth-order valence-electron chi connectivity index (χ4n) is 2.28. The summed E-state index contributed by atoms with van der Waals surface area (Å²) in [5, 5.41) is 3.25. The average Bonchev–Trinajstić information content (AvgIpc) is 2.32. The number of hydrogen-bond donors (Lipinski definition) is 1. The van der Waals surface area contributed by atoms with Gasteiger partial charge < -0.3 is 10.2 Å². The number of nitrogens with one attached hydrogen (secondary N) is 1. The molecule has 0 aliphatic carbocycles. The van der Waals surface area contributed by atoms with Gasteiger partial charge in [0.05, 0.1) is 0 Å². The number of pyridine rings is 1. The minimum Gasteiger partial charge on any atom is -0.385 e. The molecule has 0 spiro atoms. The van der Waals surface area contributed by atoms with E-state index in [-0.39, 0.29) is 0 Å². The molecule has 0 aromatic carbocycles. The summed E-state index contributed by atoms with van der Waals surface area (Å²) >= 11 is 0. The van der Waals surface area contributed by atoms with Gasteiger partial charge in [-0.15, -0.1) is 0 Å². The van der Waals surface area contributed by atoms with Gasteiger partial charge in [0.1, 0.15) is 0 Å². The second kappa shape index (κ2) is 5.96. The van der Waals surface area contributed by atoms with Crippen molar-refractivity contribution in [2.24, 2.45) is 5.92 Å². The van der Waals surface area contributed by atoms with Crippen LogP contribution < -0.4 is 5.32 Å². The van der Waals surface area contributed by atoms with E-state index in [1.54, 1.807) is 6.07 Å². The summed E-state index contributed by atoms with van der Waals surface area (Å²) in [6.07, 6.45) is 5.22. The van der Waals surface area contributed by atoms with Crippen molar-refractivity contribution in [2.75, 3.05) is 32.0 Å². The predicted octanol–water partition coefficient (Wildman–Crippen LogP) is 2.36. The van der Waals surface area contributed by atoms with Crippen molar-refractivity contribution in [3.63, 3.8) is 0 Å². The molecule has 1 aromatic rings. The van der Waals surface area contributed by atoms with E-state index in [1.165, 1.54) is 38.2 Å². The molecule has 2 rings (SSSR count). The summed E-state index contributed by atoms with van der Waals surface area (Å²) < 4.78 is 12.8. The zero-order chi connectivity index (χ0) is 12.1. The quantitative estimate of drug-likeness (QED) is 0.815. The molecule has 1 aromatic heterocycles.